The summed E-state index contributed by atoms with van der Waals surface area (Å²) < 4.78 is 7.91. The Hall–Kier alpha value is -1.91. The minimum absolute atomic E-state index is 0.0573. The van der Waals surface area contributed by atoms with Crippen LogP contribution in [0, 0.1) is 0 Å². The summed E-state index contributed by atoms with van der Waals surface area (Å²) in [6.45, 7) is 2.91. The first-order chi connectivity index (χ1) is 12.7. The molecule has 1 aromatic carbocycles. The third-order valence-corrected chi connectivity index (χ3v) is 5.57. The standard InChI is InChI=1S/C22H30N2O2/c1-2-17-9-6-14-24(22(17)25)20(15-23)16-26-21-12-10-19(11-13-21)18-7-4-3-5-8-18/h3-9,14,19-21H,2,10-13,15-16,23H2,1H3/t19?,20-,21?/m1/s1. The van der Waals surface area contributed by atoms with Gasteiger partial charge in [0, 0.05) is 18.3 Å². The molecule has 3 rings (SSSR count). The van der Waals surface area contributed by atoms with Crippen LogP contribution in [0.4, 0.5) is 0 Å². The molecule has 0 bridgehead atoms. The highest BCUT2D eigenvalue weighted by molar-refractivity contribution is 5.20. The van der Waals surface area contributed by atoms with Crippen molar-refractivity contribution < 1.29 is 4.74 Å². The molecule has 1 atom stereocenters. The minimum atomic E-state index is -0.0964. The fraction of sp³-hybridized carbons (Fsp3) is 0.500. The van der Waals surface area contributed by atoms with Crippen LogP contribution in [0.2, 0.25) is 0 Å². The highest BCUT2D eigenvalue weighted by atomic mass is 16.5. The number of hydrogen-bond donors (Lipinski definition) is 1. The van der Waals surface area contributed by atoms with Crippen LogP contribution in [0.5, 0.6) is 0 Å². The van der Waals surface area contributed by atoms with Gasteiger partial charge in [-0.25, -0.2) is 0 Å². The van der Waals surface area contributed by atoms with Gasteiger partial charge in [0.05, 0.1) is 18.8 Å². The summed E-state index contributed by atoms with van der Waals surface area (Å²) in [5, 5.41) is 0. The van der Waals surface area contributed by atoms with Gasteiger partial charge >= 0.3 is 0 Å². The zero-order valence-corrected chi connectivity index (χ0v) is 15.6. The lowest BCUT2D eigenvalue weighted by atomic mass is 9.83. The molecule has 0 radical (unpaired) electrons. The lowest BCUT2D eigenvalue weighted by Gasteiger charge is -2.30. The van der Waals surface area contributed by atoms with E-state index in [0.717, 1.165) is 37.7 Å². The van der Waals surface area contributed by atoms with Gasteiger partial charge in [-0.15, -0.1) is 0 Å². The van der Waals surface area contributed by atoms with Gasteiger partial charge in [0.25, 0.3) is 5.56 Å². The first-order valence-electron chi connectivity index (χ1n) is 9.79. The first kappa shape index (κ1) is 18.9. The lowest BCUT2D eigenvalue weighted by Crippen LogP contribution is -2.35. The van der Waals surface area contributed by atoms with Crippen LogP contribution >= 0.6 is 0 Å². The van der Waals surface area contributed by atoms with Gasteiger partial charge in [0.2, 0.25) is 0 Å². The molecule has 2 aromatic rings. The summed E-state index contributed by atoms with van der Waals surface area (Å²) in [6.07, 6.45) is 7.30. The summed E-state index contributed by atoms with van der Waals surface area (Å²) in [5.74, 6) is 0.644. The molecule has 4 heteroatoms. The van der Waals surface area contributed by atoms with Crippen molar-refractivity contribution in [1.29, 1.82) is 0 Å². The normalized spacial score (nSPS) is 21.5. The van der Waals surface area contributed by atoms with Crippen LogP contribution < -0.4 is 11.3 Å². The number of hydrogen-bond acceptors (Lipinski definition) is 3. The van der Waals surface area contributed by atoms with E-state index in [9.17, 15) is 4.79 Å². The summed E-state index contributed by atoms with van der Waals surface area (Å²) in [5.41, 5.74) is 8.26. The van der Waals surface area contributed by atoms with Gasteiger partial charge in [-0.2, -0.15) is 0 Å². The third kappa shape index (κ3) is 4.43. The molecule has 1 fully saturated rings. The van der Waals surface area contributed by atoms with Gasteiger partial charge in [0.15, 0.2) is 0 Å². The highest BCUT2D eigenvalue weighted by Crippen LogP contribution is 2.34. The van der Waals surface area contributed by atoms with Gasteiger partial charge in [-0.05, 0) is 49.7 Å². The van der Waals surface area contributed by atoms with E-state index in [1.54, 1.807) is 4.57 Å². The number of nitrogens with zero attached hydrogens (tertiary/aromatic N) is 1. The van der Waals surface area contributed by atoms with Crippen LogP contribution in [0.15, 0.2) is 53.5 Å². The van der Waals surface area contributed by atoms with Crippen molar-refractivity contribution in [2.24, 2.45) is 5.73 Å². The first-order valence-corrected chi connectivity index (χ1v) is 9.79. The second kappa shape index (κ2) is 9.15. The number of rotatable bonds is 7. The topological polar surface area (TPSA) is 57.2 Å². The Bertz CT molecular complexity index is 733. The molecule has 1 aromatic heterocycles. The number of benzene rings is 1. The van der Waals surface area contributed by atoms with Crippen molar-refractivity contribution in [3.8, 4) is 0 Å². The maximum absolute atomic E-state index is 12.5. The minimum Gasteiger partial charge on any atom is -0.376 e. The highest BCUT2D eigenvalue weighted by Gasteiger charge is 2.24. The number of pyridine rings is 1. The second-order valence-corrected chi connectivity index (χ2v) is 7.21. The molecule has 1 heterocycles. The third-order valence-electron chi connectivity index (χ3n) is 5.57. The Morgan fingerprint density at radius 2 is 1.85 bits per heavy atom. The smallest absolute Gasteiger partial charge is 0.254 e. The molecule has 0 unspecified atom stereocenters. The molecular weight excluding hydrogens is 324 g/mol. The maximum atomic E-state index is 12.5. The zero-order valence-electron chi connectivity index (χ0n) is 15.6. The van der Waals surface area contributed by atoms with Crippen LogP contribution in [-0.4, -0.2) is 23.8 Å². The maximum Gasteiger partial charge on any atom is 0.254 e. The van der Waals surface area contributed by atoms with E-state index in [4.69, 9.17) is 10.5 Å². The van der Waals surface area contributed by atoms with Crippen molar-refractivity contribution in [2.75, 3.05) is 13.2 Å². The molecule has 4 nitrogen and oxygen atoms in total. The molecular formula is C22H30N2O2. The summed E-state index contributed by atoms with van der Waals surface area (Å²) in [4.78, 5) is 12.5. The predicted molar refractivity (Wildman–Crippen MR) is 106 cm³/mol. The van der Waals surface area contributed by atoms with Crippen molar-refractivity contribution >= 4 is 0 Å². The van der Waals surface area contributed by atoms with E-state index in [0.29, 0.717) is 19.1 Å². The molecule has 0 saturated heterocycles. The average Bonchev–Trinajstić information content (AvgIpc) is 2.70. The van der Waals surface area contributed by atoms with Crippen molar-refractivity contribution in [1.82, 2.24) is 4.57 Å². The van der Waals surface area contributed by atoms with Crippen molar-refractivity contribution in [3.63, 3.8) is 0 Å². The Kier molecular flexibility index (Phi) is 6.64. The van der Waals surface area contributed by atoms with Crippen LogP contribution in [-0.2, 0) is 11.2 Å². The summed E-state index contributed by atoms with van der Waals surface area (Å²) in [7, 11) is 0. The average molecular weight is 354 g/mol. The summed E-state index contributed by atoms with van der Waals surface area (Å²) >= 11 is 0. The molecule has 0 aliphatic heterocycles. The molecule has 0 amide bonds. The number of aromatic nitrogens is 1. The number of ether oxygens (including phenoxy) is 1. The van der Waals surface area contributed by atoms with Gasteiger partial charge in [-0.3, -0.25) is 4.79 Å². The molecule has 2 N–H and O–H groups in total. The van der Waals surface area contributed by atoms with Gasteiger partial charge < -0.3 is 15.0 Å². The Labute approximate surface area is 156 Å². The lowest BCUT2D eigenvalue weighted by molar-refractivity contribution is 0.00783. The van der Waals surface area contributed by atoms with E-state index in [-0.39, 0.29) is 17.7 Å². The molecule has 1 aliphatic rings. The zero-order chi connectivity index (χ0) is 18.4. The number of aryl methyl sites for hydroxylation is 1. The monoisotopic (exact) mass is 354 g/mol. The fourth-order valence-corrected chi connectivity index (χ4v) is 3.91. The summed E-state index contributed by atoms with van der Waals surface area (Å²) in [6, 6.07) is 14.5. The van der Waals surface area contributed by atoms with E-state index >= 15 is 0 Å². The van der Waals surface area contributed by atoms with Gasteiger partial charge in [-0.1, -0.05) is 43.3 Å². The molecule has 140 valence electrons. The largest absolute Gasteiger partial charge is 0.376 e. The Morgan fingerprint density at radius 3 is 2.50 bits per heavy atom. The van der Waals surface area contributed by atoms with Crippen LogP contribution in [0.1, 0.15) is 55.7 Å². The predicted octanol–water partition coefficient (Wildman–Crippen LogP) is 3.65. The van der Waals surface area contributed by atoms with Crippen LogP contribution in [0.25, 0.3) is 0 Å². The van der Waals surface area contributed by atoms with Crippen molar-refractivity contribution in [3.05, 3.63) is 70.1 Å². The van der Waals surface area contributed by atoms with E-state index in [1.165, 1.54) is 5.56 Å². The quantitative estimate of drug-likeness (QED) is 0.826. The van der Waals surface area contributed by atoms with E-state index < -0.39 is 0 Å². The molecule has 1 aliphatic carbocycles. The Morgan fingerprint density at radius 1 is 1.12 bits per heavy atom. The molecule has 26 heavy (non-hydrogen) atoms. The second-order valence-electron chi connectivity index (χ2n) is 7.21. The molecule has 1 saturated carbocycles. The van der Waals surface area contributed by atoms with Crippen LogP contribution in [0.3, 0.4) is 0 Å². The molecule has 0 spiro atoms. The van der Waals surface area contributed by atoms with E-state index in [1.807, 2.05) is 25.3 Å². The van der Waals surface area contributed by atoms with Crippen molar-refractivity contribution in [2.45, 2.75) is 57.1 Å². The van der Waals surface area contributed by atoms with Gasteiger partial charge in [0.1, 0.15) is 0 Å². The van der Waals surface area contributed by atoms with E-state index in [2.05, 4.69) is 30.3 Å². The Balaban J connectivity index is 1.55. The fourth-order valence-electron chi connectivity index (χ4n) is 3.91. The SMILES string of the molecule is CCc1cccn([C@H](CN)COC2CCC(c3ccccc3)CC2)c1=O. The number of nitrogens with two attached hydrogens (primary N) is 1.